The summed E-state index contributed by atoms with van der Waals surface area (Å²) in [6, 6.07) is 0. The van der Waals surface area contributed by atoms with E-state index in [1.165, 1.54) is 16.5 Å². The Labute approximate surface area is 69.2 Å². The smallest absolute Gasteiger partial charge is 0.102 e. The zero-order valence-corrected chi connectivity index (χ0v) is 7.30. The van der Waals surface area contributed by atoms with Gasteiger partial charge in [-0.1, -0.05) is 0 Å². The lowest BCUT2D eigenvalue weighted by molar-refractivity contribution is 0.831. The first-order chi connectivity index (χ1) is 4.97. The van der Waals surface area contributed by atoms with Crippen LogP contribution in [-0.4, -0.2) is 35.0 Å². The Bertz CT molecular complexity index is 152. The maximum Gasteiger partial charge on any atom is 0.102 e. The molecule has 0 aromatic carbocycles. The molecule has 0 bridgehead atoms. The van der Waals surface area contributed by atoms with Crippen LogP contribution in [0.25, 0.3) is 0 Å². The third-order valence-corrected chi connectivity index (χ3v) is 3.91. The molecule has 4 heteroatoms. The summed E-state index contributed by atoms with van der Waals surface area (Å²) in [6.07, 6.45) is 0. The Morgan fingerprint density at radius 1 is 1.50 bits per heavy atom. The third-order valence-electron chi connectivity index (χ3n) is 1.55. The van der Waals surface area contributed by atoms with E-state index in [4.69, 9.17) is 0 Å². The van der Waals surface area contributed by atoms with E-state index in [0.29, 0.717) is 5.37 Å². The van der Waals surface area contributed by atoms with Gasteiger partial charge in [0.15, 0.2) is 0 Å². The molecule has 2 aliphatic heterocycles. The van der Waals surface area contributed by atoms with Gasteiger partial charge >= 0.3 is 0 Å². The Morgan fingerprint density at radius 3 is 3.10 bits per heavy atom. The van der Waals surface area contributed by atoms with E-state index < -0.39 is 0 Å². The molecule has 0 aromatic rings. The highest BCUT2D eigenvalue weighted by Crippen LogP contribution is 2.24. The number of thioether (sulfide) groups is 2. The first kappa shape index (κ1) is 7.00. The summed E-state index contributed by atoms with van der Waals surface area (Å²) < 4.78 is 0. The van der Waals surface area contributed by atoms with Gasteiger partial charge < -0.3 is 0 Å². The van der Waals surface area contributed by atoms with Crippen molar-refractivity contribution in [3.05, 3.63) is 0 Å². The number of rotatable bonds is 1. The van der Waals surface area contributed by atoms with E-state index in [1.54, 1.807) is 0 Å². The van der Waals surface area contributed by atoms with E-state index in [-0.39, 0.29) is 0 Å². The summed E-state index contributed by atoms with van der Waals surface area (Å²) in [5, 5.41) is 5.27. The summed E-state index contributed by atoms with van der Waals surface area (Å²) in [5.74, 6) is 2.43. The SMILES string of the molecule is C1CSC(C2NCCS2)=N1. The maximum atomic E-state index is 4.41. The fourth-order valence-corrected chi connectivity index (χ4v) is 3.24. The normalized spacial score (nSPS) is 32.8. The van der Waals surface area contributed by atoms with E-state index in [1.807, 2.05) is 23.5 Å². The van der Waals surface area contributed by atoms with Crippen LogP contribution in [0.15, 0.2) is 4.99 Å². The van der Waals surface area contributed by atoms with Crippen molar-refractivity contribution in [3.8, 4) is 0 Å². The van der Waals surface area contributed by atoms with Gasteiger partial charge in [-0.05, 0) is 0 Å². The second kappa shape index (κ2) is 3.15. The monoisotopic (exact) mass is 174 g/mol. The van der Waals surface area contributed by atoms with Crippen molar-refractivity contribution < 1.29 is 0 Å². The third kappa shape index (κ3) is 1.33. The minimum Gasteiger partial charge on any atom is -0.299 e. The molecule has 1 unspecified atom stereocenters. The minimum atomic E-state index is 0.535. The van der Waals surface area contributed by atoms with Gasteiger partial charge in [0.2, 0.25) is 0 Å². The van der Waals surface area contributed by atoms with Gasteiger partial charge in [0.1, 0.15) is 5.37 Å². The molecule has 0 spiro atoms. The van der Waals surface area contributed by atoms with Gasteiger partial charge in [-0.15, -0.1) is 23.5 Å². The quantitative estimate of drug-likeness (QED) is 0.636. The Hall–Kier alpha value is 0.330. The highest BCUT2D eigenvalue weighted by Gasteiger charge is 2.22. The summed E-state index contributed by atoms with van der Waals surface area (Å²) >= 11 is 3.88. The summed E-state index contributed by atoms with van der Waals surface area (Å²) in [4.78, 5) is 4.41. The van der Waals surface area contributed by atoms with Crippen LogP contribution in [0.4, 0.5) is 0 Å². The Balaban J connectivity index is 1.97. The Kier molecular flexibility index (Phi) is 2.21. The molecule has 0 radical (unpaired) electrons. The van der Waals surface area contributed by atoms with E-state index in [2.05, 4.69) is 10.3 Å². The van der Waals surface area contributed by atoms with Crippen molar-refractivity contribution in [1.29, 1.82) is 0 Å². The average molecular weight is 174 g/mol. The number of aliphatic imine (C=N–C) groups is 1. The minimum absolute atomic E-state index is 0.535. The lowest BCUT2D eigenvalue weighted by Crippen LogP contribution is -2.25. The Morgan fingerprint density at radius 2 is 2.50 bits per heavy atom. The largest absolute Gasteiger partial charge is 0.299 e. The van der Waals surface area contributed by atoms with Crippen LogP contribution in [0, 0.1) is 0 Å². The molecule has 56 valence electrons. The van der Waals surface area contributed by atoms with E-state index in [9.17, 15) is 0 Å². The fourth-order valence-electron chi connectivity index (χ4n) is 1.09. The van der Waals surface area contributed by atoms with Crippen molar-refractivity contribution in [2.75, 3.05) is 24.6 Å². The zero-order chi connectivity index (χ0) is 6.81. The molecule has 1 fully saturated rings. The predicted octanol–water partition coefficient (Wildman–Crippen LogP) is 0.794. The van der Waals surface area contributed by atoms with Crippen LogP contribution in [0.1, 0.15) is 0 Å². The number of nitrogens with zero attached hydrogens (tertiary/aromatic N) is 1. The van der Waals surface area contributed by atoms with Gasteiger partial charge in [-0.3, -0.25) is 10.3 Å². The topological polar surface area (TPSA) is 24.4 Å². The molecular weight excluding hydrogens is 164 g/mol. The highest BCUT2D eigenvalue weighted by molar-refractivity contribution is 8.16. The van der Waals surface area contributed by atoms with Crippen LogP contribution in [0.5, 0.6) is 0 Å². The second-order valence-corrected chi connectivity index (χ2v) is 4.60. The molecule has 2 heterocycles. The molecule has 0 aromatic heterocycles. The van der Waals surface area contributed by atoms with Crippen LogP contribution < -0.4 is 5.32 Å². The van der Waals surface area contributed by atoms with Crippen molar-refractivity contribution in [2.45, 2.75) is 5.37 Å². The van der Waals surface area contributed by atoms with Crippen LogP contribution >= 0.6 is 23.5 Å². The second-order valence-electron chi connectivity index (χ2n) is 2.27. The lowest BCUT2D eigenvalue weighted by atomic mass is 10.6. The van der Waals surface area contributed by atoms with E-state index >= 15 is 0 Å². The highest BCUT2D eigenvalue weighted by atomic mass is 32.2. The molecule has 0 amide bonds. The molecular formula is C6H10N2S2. The average Bonchev–Trinajstić information content (AvgIpc) is 2.59. The van der Waals surface area contributed by atoms with Gasteiger partial charge in [0, 0.05) is 24.6 Å². The number of hydrogen-bond acceptors (Lipinski definition) is 4. The van der Waals surface area contributed by atoms with Gasteiger partial charge in [0.05, 0.1) is 5.04 Å². The van der Waals surface area contributed by atoms with Gasteiger partial charge in [0.25, 0.3) is 0 Å². The zero-order valence-electron chi connectivity index (χ0n) is 5.67. The standard InChI is InChI=1S/C6H10N2S2/c1-3-9-5(7-1)6-8-2-4-10-6/h5,7H,1-4H2. The fraction of sp³-hybridized carbons (Fsp3) is 0.833. The molecule has 1 saturated heterocycles. The molecule has 10 heavy (non-hydrogen) atoms. The molecule has 2 aliphatic rings. The summed E-state index contributed by atoms with van der Waals surface area (Å²) in [6.45, 7) is 2.17. The van der Waals surface area contributed by atoms with Gasteiger partial charge in [-0.2, -0.15) is 0 Å². The van der Waals surface area contributed by atoms with E-state index in [0.717, 1.165) is 13.1 Å². The lowest BCUT2D eigenvalue weighted by Gasteiger charge is -2.06. The molecule has 1 atom stereocenters. The van der Waals surface area contributed by atoms with Crippen LogP contribution in [-0.2, 0) is 0 Å². The van der Waals surface area contributed by atoms with Crippen molar-refractivity contribution in [3.63, 3.8) is 0 Å². The first-order valence-corrected chi connectivity index (χ1v) is 5.52. The summed E-state index contributed by atoms with van der Waals surface area (Å²) in [5.41, 5.74) is 0. The first-order valence-electron chi connectivity index (χ1n) is 3.49. The molecule has 2 nitrogen and oxygen atoms in total. The predicted molar refractivity (Wildman–Crippen MR) is 49.0 cm³/mol. The molecule has 1 N–H and O–H groups in total. The van der Waals surface area contributed by atoms with Crippen molar-refractivity contribution in [1.82, 2.24) is 5.32 Å². The molecule has 2 rings (SSSR count). The number of nitrogens with one attached hydrogen (secondary N) is 1. The number of hydrogen-bond donors (Lipinski definition) is 1. The van der Waals surface area contributed by atoms with Crippen molar-refractivity contribution >= 4 is 28.6 Å². The molecule has 0 saturated carbocycles. The van der Waals surface area contributed by atoms with Crippen LogP contribution in [0.3, 0.4) is 0 Å². The maximum absolute atomic E-state index is 4.41. The van der Waals surface area contributed by atoms with Crippen LogP contribution in [0.2, 0.25) is 0 Å². The van der Waals surface area contributed by atoms with Crippen molar-refractivity contribution in [2.24, 2.45) is 4.99 Å². The molecule has 0 aliphatic carbocycles. The summed E-state index contributed by atoms with van der Waals surface area (Å²) in [7, 11) is 0. The van der Waals surface area contributed by atoms with Gasteiger partial charge in [-0.25, -0.2) is 0 Å².